The number of hydrogen-bond acceptors (Lipinski definition) is 3. The zero-order chi connectivity index (χ0) is 8.43. The van der Waals surface area contributed by atoms with E-state index in [2.05, 4.69) is 0 Å². The zero-order valence-corrected chi connectivity index (χ0v) is 6.82. The van der Waals surface area contributed by atoms with E-state index in [0.29, 0.717) is 0 Å². The molecule has 3 heteroatoms. The first-order valence-electron chi connectivity index (χ1n) is 3.74. The Labute approximate surface area is 66.3 Å². The summed E-state index contributed by atoms with van der Waals surface area (Å²) in [6, 6.07) is 0. The summed E-state index contributed by atoms with van der Waals surface area (Å²) in [6.07, 6.45) is 0.0106. The quantitative estimate of drug-likeness (QED) is 0.531. The second-order valence-electron chi connectivity index (χ2n) is 3.10. The van der Waals surface area contributed by atoms with Gasteiger partial charge in [-0.25, -0.2) is 0 Å². The normalized spacial score (nSPS) is 37.3. The first-order chi connectivity index (χ1) is 5.11. The van der Waals surface area contributed by atoms with Gasteiger partial charge in [0.05, 0.1) is 6.61 Å². The molecule has 1 aliphatic rings. The number of rotatable bonds is 1. The molecule has 0 bridgehead atoms. The highest BCUT2D eigenvalue weighted by Gasteiger charge is 2.32. The van der Waals surface area contributed by atoms with Crippen LogP contribution in [0.5, 0.6) is 0 Å². The van der Waals surface area contributed by atoms with Crippen LogP contribution >= 0.6 is 0 Å². The molecule has 1 saturated heterocycles. The van der Waals surface area contributed by atoms with Gasteiger partial charge in [-0.2, -0.15) is 0 Å². The van der Waals surface area contributed by atoms with Gasteiger partial charge < -0.3 is 14.9 Å². The SMILES string of the molecule is CC(C)=C[C@H]1OC[C@H](O)[C@@H]1O. The number of aliphatic hydroxyl groups excluding tert-OH is 2. The lowest BCUT2D eigenvalue weighted by atomic mass is 10.1. The Hall–Kier alpha value is -0.380. The number of hydrogen-bond donors (Lipinski definition) is 2. The highest BCUT2D eigenvalue weighted by atomic mass is 16.5. The fraction of sp³-hybridized carbons (Fsp3) is 0.750. The first-order valence-corrected chi connectivity index (χ1v) is 3.74. The lowest BCUT2D eigenvalue weighted by molar-refractivity contribution is 0.0417. The van der Waals surface area contributed by atoms with Crippen LogP contribution in [0.2, 0.25) is 0 Å². The topological polar surface area (TPSA) is 49.7 Å². The van der Waals surface area contributed by atoms with Crippen molar-refractivity contribution in [2.24, 2.45) is 0 Å². The average molecular weight is 158 g/mol. The van der Waals surface area contributed by atoms with Gasteiger partial charge in [0.2, 0.25) is 0 Å². The number of allylic oxidation sites excluding steroid dienone is 1. The van der Waals surface area contributed by atoms with Crippen LogP contribution in [-0.2, 0) is 4.74 Å². The predicted octanol–water partition coefficient (Wildman–Crippen LogP) is 0.0732. The van der Waals surface area contributed by atoms with Gasteiger partial charge in [-0.15, -0.1) is 0 Å². The Bertz CT molecular complexity index is 161. The summed E-state index contributed by atoms with van der Waals surface area (Å²) in [4.78, 5) is 0. The van der Waals surface area contributed by atoms with E-state index in [4.69, 9.17) is 9.84 Å². The van der Waals surface area contributed by atoms with Crippen LogP contribution in [0.4, 0.5) is 0 Å². The molecule has 0 saturated carbocycles. The molecule has 0 spiro atoms. The summed E-state index contributed by atoms with van der Waals surface area (Å²) in [5, 5.41) is 18.4. The molecule has 3 nitrogen and oxygen atoms in total. The third-order valence-electron chi connectivity index (χ3n) is 1.69. The second-order valence-corrected chi connectivity index (χ2v) is 3.10. The minimum atomic E-state index is -0.759. The highest BCUT2D eigenvalue weighted by molar-refractivity contribution is 5.04. The highest BCUT2D eigenvalue weighted by Crippen LogP contribution is 2.16. The minimum absolute atomic E-state index is 0.232. The van der Waals surface area contributed by atoms with Crippen LogP contribution < -0.4 is 0 Å². The molecule has 1 aliphatic heterocycles. The van der Waals surface area contributed by atoms with Crippen molar-refractivity contribution in [3.8, 4) is 0 Å². The van der Waals surface area contributed by atoms with Crippen LogP contribution in [0.25, 0.3) is 0 Å². The summed E-state index contributed by atoms with van der Waals surface area (Å²) < 4.78 is 5.11. The first kappa shape index (κ1) is 8.71. The van der Waals surface area contributed by atoms with Gasteiger partial charge in [0, 0.05) is 0 Å². The molecule has 0 aliphatic carbocycles. The van der Waals surface area contributed by atoms with E-state index in [9.17, 15) is 5.11 Å². The van der Waals surface area contributed by atoms with Crippen molar-refractivity contribution in [2.45, 2.75) is 32.2 Å². The van der Waals surface area contributed by atoms with Crippen molar-refractivity contribution < 1.29 is 14.9 Å². The van der Waals surface area contributed by atoms with Crippen LogP contribution in [-0.4, -0.2) is 35.1 Å². The Morgan fingerprint density at radius 2 is 2.09 bits per heavy atom. The van der Waals surface area contributed by atoms with Crippen molar-refractivity contribution in [1.82, 2.24) is 0 Å². The smallest absolute Gasteiger partial charge is 0.112 e. The van der Waals surface area contributed by atoms with Crippen LogP contribution in [0.15, 0.2) is 11.6 Å². The zero-order valence-electron chi connectivity index (χ0n) is 6.82. The van der Waals surface area contributed by atoms with E-state index in [1.807, 2.05) is 19.9 Å². The fourth-order valence-corrected chi connectivity index (χ4v) is 1.10. The van der Waals surface area contributed by atoms with Gasteiger partial charge in [0.15, 0.2) is 0 Å². The molecule has 2 N–H and O–H groups in total. The summed E-state index contributed by atoms with van der Waals surface area (Å²) in [6.45, 7) is 4.09. The van der Waals surface area contributed by atoms with Crippen molar-refractivity contribution in [3.05, 3.63) is 11.6 Å². The molecular formula is C8H14O3. The fourth-order valence-electron chi connectivity index (χ4n) is 1.10. The molecule has 3 atom stereocenters. The summed E-state index contributed by atoms with van der Waals surface area (Å²) >= 11 is 0. The largest absolute Gasteiger partial charge is 0.388 e. The van der Waals surface area contributed by atoms with Gasteiger partial charge in [-0.05, 0) is 13.8 Å². The molecule has 0 unspecified atom stereocenters. The van der Waals surface area contributed by atoms with Crippen molar-refractivity contribution >= 4 is 0 Å². The van der Waals surface area contributed by atoms with E-state index in [0.717, 1.165) is 5.57 Å². The van der Waals surface area contributed by atoms with Gasteiger partial charge in [0.1, 0.15) is 18.3 Å². The lowest BCUT2D eigenvalue weighted by Crippen LogP contribution is -2.28. The van der Waals surface area contributed by atoms with E-state index in [1.54, 1.807) is 0 Å². The van der Waals surface area contributed by atoms with E-state index >= 15 is 0 Å². The van der Waals surface area contributed by atoms with E-state index < -0.39 is 12.2 Å². The molecule has 11 heavy (non-hydrogen) atoms. The van der Waals surface area contributed by atoms with Gasteiger partial charge >= 0.3 is 0 Å². The maximum absolute atomic E-state index is 9.29. The lowest BCUT2D eigenvalue weighted by Gasteiger charge is -2.10. The third-order valence-corrected chi connectivity index (χ3v) is 1.69. The van der Waals surface area contributed by atoms with Crippen molar-refractivity contribution in [1.29, 1.82) is 0 Å². The Morgan fingerprint density at radius 3 is 2.45 bits per heavy atom. The molecule has 1 fully saturated rings. The van der Waals surface area contributed by atoms with Crippen molar-refractivity contribution in [3.63, 3.8) is 0 Å². The van der Waals surface area contributed by atoms with E-state index in [1.165, 1.54) is 0 Å². The second kappa shape index (κ2) is 3.34. The van der Waals surface area contributed by atoms with Crippen LogP contribution in [0, 0.1) is 0 Å². The third kappa shape index (κ3) is 2.02. The minimum Gasteiger partial charge on any atom is -0.388 e. The maximum atomic E-state index is 9.29. The molecule has 0 aromatic heterocycles. The van der Waals surface area contributed by atoms with E-state index in [-0.39, 0.29) is 12.7 Å². The Kier molecular flexibility index (Phi) is 2.65. The summed E-state index contributed by atoms with van der Waals surface area (Å²) in [5.74, 6) is 0. The molecule has 1 heterocycles. The van der Waals surface area contributed by atoms with Crippen LogP contribution in [0.1, 0.15) is 13.8 Å². The molecule has 0 aromatic carbocycles. The summed E-state index contributed by atoms with van der Waals surface area (Å²) in [5.41, 5.74) is 1.09. The molecular weight excluding hydrogens is 144 g/mol. The molecule has 0 radical (unpaired) electrons. The maximum Gasteiger partial charge on any atom is 0.112 e. The van der Waals surface area contributed by atoms with Gasteiger partial charge in [0.25, 0.3) is 0 Å². The number of aliphatic hydroxyl groups is 2. The van der Waals surface area contributed by atoms with Crippen LogP contribution in [0.3, 0.4) is 0 Å². The summed E-state index contributed by atoms with van der Waals surface area (Å²) in [7, 11) is 0. The average Bonchev–Trinajstić information content (AvgIpc) is 2.18. The molecule has 0 amide bonds. The Balaban J connectivity index is 2.55. The Morgan fingerprint density at radius 1 is 1.45 bits per heavy atom. The monoisotopic (exact) mass is 158 g/mol. The molecule has 64 valence electrons. The predicted molar refractivity (Wildman–Crippen MR) is 41.2 cm³/mol. The van der Waals surface area contributed by atoms with Gasteiger partial charge in [-0.3, -0.25) is 0 Å². The molecule has 1 rings (SSSR count). The van der Waals surface area contributed by atoms with Gasteiger partial charge in [-0.1, -0.05) is 11.6 Å². The number of ether oxygens (including phenoxy) is 1. The molecule has 0 aromatic rings. The standard InChI is InChI=1S/C8H14O3/c1-5(2)3-7-8(10)6(9)4-11-7/h3,6-10H,4H2,1-2H3/t6-,7+,8-/m0/s1. The van der Waals surface area contributed by atoms with Crippen molar-refractivity contribution in [2.75, 3.05) is 6.61 Å².